The number of carbonyl (C=O) groups excluding carboxylic acids is 1. The van der Waals surface area contributed by atoms with Crippen LogP contribution in [0.15, 0.2) is 12.7 Å². The van der Waals surface area contributed by atoms with Crippen molar-refractivity contribution in [2.24, 2.45) is 5.92 Å². The quantitative estimate of drug-likeness (QED) is 0.674. The van der Waals surface area contributed by atoms with Gasteiger partial charge < -0.3 is 5.32 Å². The van der Waals surface area contributed by atoms with Crippen molar-refractivity contribution < 1.29 is 4.79 Å². The van der Waals surface area contributed by atoms with E-state index in [2.05, 4.69) is 11.9 Å². The Balaban J connectivity index is 2.12. The van der Waals surface area contributed by atoms with Gasteiger partial charge in [-0.2, -0.15) is 11.8 Å². The molecule has 0 aromatic heterocycles. The molecular formula is C9H15NOS. The van der Waals surface area contributed by atoms with Gasteiger partial charge in [-0.05, 0) is 36.3 Å². The first-order valence-electron chi connectivity index (χ1n) is 4.31. The molecule has 1 rings (SSSR count). The van der Waals surface area contributed by atoms with Crippen molar-refractivity contribution in [2.75, 3.05) is 18.1 Å². The van der Waals surface area contributed by atoms with Gasteiger partial charge in [0.2, 0.25) is 5.91 Å². The summed E-state index contributed by atoms with van der Waals surface area (Å²) in [6, 6.07) is 0. The minimum atomic E-state index is -0.0504. The third kappa shape index (κ3) is 3.30. The van der Waals surface area contributed by atoms with Crippen molar-refractivity contribution in [1.82, 2.24) is 5.32 Å². The van der Waals surface area contributed by atoms with Crippen LogP contribution in [0.2, 0.25) is 0 Å². The topological polar surface area (TPSA) is 29.1 Å². The molecule has 1 aliphatic heterocycles. The van der Waals surface area contributed by atoms with Crippen LogP contribution in [0.5, 0.6) is 0 Å². The Morgan fingerprint density at radius 1 is 1.75 bits per heavy atom. The Hall–Kier alpha value is -0.440. The van der Waals surface area contributed by atoms with Gasteiger partial charge in [-0.3, -0.25) is 4.79 Å². The van der Waals surface area contributed by atoms with E-state index in [0.29, 0.717) is 5.92 Å². The highest BCUT2D eigenvalue weighted by Crippen LogP contribution is 2.21. The molecule has 0 aromatic rings. The average Bonchev–Trinajstić information content (AvgIpc) is 2.16. The molecule has 1 heterocycles. The zero-order valence-electron chi connectivity index (χ0n) is 7.21. The predicted molar refractivity (Wildman–Crippen MR) is 53.3 cm³/mol. The van der Waals surface area contributed by atoms with Gasteiger partial charge in [-0.25, -0.2) is 0 Å². The van der Waals surface area contributed by atoms with Crippen LogP contribution in [0, 0.1) is 5.92 Å². The highest BCUT2D eigenvalue weighted by molar-refractivity contribution is 7.99. The van der Waals surface area contributed by atoms with Gasteiger partial charge in [0.15, 0.2) is 0 Å². The Morgan fingerprint density at radius 3 is 3.17 bits per heavy atom. The van der Waals surface area contributed by atoms with Crippen molar-refractivity contribution in [3.63, 3.8) is 0 Å². The zero-order chi connectivity index (χ0) is 8.81. The van der Waals surface area contributed by atoms with E-state index in [0.717, 1.165) is 6.54 Å². The van der Waals surface area contributed by atoms with Crippen LogP contribution in [0.1, 0.15) is 12.8 Å². The molecule has 2 nitrogen and oxygen atoms in total. The second-order valence-electron chi connectivity index (χ2n) is 3.03. The third-order valence-corrected chi connectivity index (χ3v) is 3.29. The van der Waals surface area contributed by atoms with Crippen molar-refractivity contribution >= 4 is 17.7 Å². The van der Waals surface area contributed by atoms with Crippen LogP contribution >= 0.6 is 11.8 Å². The molecule has 0 radical (unpaired) electrons. The van der Waals surface area contributed by atoms with Crippen molar-refractivity contribution in [3.05, 3.63) is 12.7 Å². The van der Waals surface area contributed by atoms with Gasteiger partial charge in [0.1, 0.15) is 0 Å². The number of hydrogen-bond donors (Lipinski definition) is 1. The lowest BCUT2D eigenvalue weighted by atomic mass is 10.1. The van der Waals surface area contributed by atoms with E-state index in [-0.39, 0.29) is 5.91 Å². The molecule has 0 saturated carbocycles. The monoisotopic (exact) mass is 185 g/mol. The predicted octanol–water partition coefficient (Wildman–Crippen LogP) is 1.43. The fraction of sp³-hybridized carbons (Fsp3) is 0.667. The molecule has 1 atom stereocenters. The Morgan fingerprint density at radius 2 is 2.58 bits per heavy atom. The van der Waals surface area contributed by atoms with E-state index in [1.54, 1.807) is 0 Å². The minimum absolute atomic E-state index is 0.0504. The molecule has 12 heavy (non-hydrogen) atoms. The van der Waals surface area contributed by atoms with Gasteiger partial charge in [-0.1, -0.05) is 6.58 Å². The summed E-state index contributed by atoms with van der Waals surface area (Å²) in [7, 11) is 0. The number of carbonyl (C=O) groups is 1. The molecular weight excluding hydrogens is 170 g/mol. The largest absolute Gasteiger partial charge is 0.352 e. The lowest BCUT2D eigenvalue weighted by molar-refractivity contribution is -0.116. The van der Waals surface area contributed by atoms with Crippen molar-refractivity contribution in [3.8, 4) is 0 Å². The number of hydrogen-bond acceptors (Lipinski definition) is 2. The molecule has 68 valence electrons. The summed E-state index contributed by atoms with van der Waals surface area (Å²) in [4.78, 5) is 10.8. The van der Waals surface area contributed by atoms with Gasteiger partial charge in [0, 0.05) is 6.54 Å². The Labute approximate surface area is 77.8 Å². The van der Waals surface area contributed by atoms with E-state index in [4.69, 9.17) is 0 Å². The summed E-state index contributed by atoms with van der Waals surface area (Å²) >= 11 is 1.99. The second kappa shape index (κ2) is 5.25. The maximum atomic E-state index is 10.8. The summed E-state index contributed by atoms with van der Waals surface area (Å²) in [5.41, 5.74) is 0. The lowest BCUT2D eigenvalue weighted by Crippen LogP contribution is -2.30. The van der Waals surface area contributed by atoms with E-state index in [9.17, 15) is 4.79 Å². The van der Waals surface area contributed by atoms with Crippen LogP contribution in [-0.2, 0) is 4.79 Å². The summed E-state index contributed by atoms with van der Waals surface area (Å²) in [6.07, 6.45) is 3.87. The summed E-state index contributed by atoms with van der Waals surface area (Å²) in [5, 5.41) is 2.83. The fourth-order valence-electron chi connectivity index (χ4n) is 1.29. The Bertz CT molecular complexity index is 164. The van der Waals surface area contributed by atoms with Crippen LogP contribution in [0.25, 0.3) is 0 Å². The highest BCUT2D eigenvalue weighted by atomic mass is 32.2. The molecule has 1 unspecified atom stereocenters. The normalized spacial score (nSPS) is 23.2. The molecule has 3 heteroatoms. The van der Waals surface area contributed by atoms with Crippen molar-refractivity contribution in [1.29, 1.82) is 0 Å². The SMILES string of the molecule is C=CC(=O)NCC1CCCSC1. The molecule has 0 bridgehead atoms. The maximum absolute atomic E-state index is 10.8. The van der Waals surface area contributed by atoms with Gasteiger partial charge in [-0.15, -0.1) is 0 Å². The number of rotatable bonds is 3. The Kier molecular flexibility index (Phi) is 4.22. The molecule has 1 fully saturated rings. The van der Waals surface area contributed by atoms with Crippen LogP contribution in [-0.4, -0.2) is 24.0 Å². The van der Waals surface area contributed by atoms with Gasteiger partial charge >= 0.3 is 0 Å². The van der Waals surface area contributed by atoms with Gasteiger partial charge in [0.25, 0.3) is 0 Å². The first-order valence-corrected chi connectivity index (χ1v) is 5.46. The fourth-order valence-corrected chi connectivity index (χ4v) is 2.44. The molecule has 0 aliphatic carbocycles. The number of amides is 1. The smallest absolute Gasteiger partial charge is 0.243 e. The molecule has 1 N–H and O–H groups in total. The van der Waals surface area contributed by atoms with Crippen LogP contribution in [0.4, 0.5) is 0 Å². The number of nitrogens with one attached hydrogen (secondary N) is 1. The zero-order valence-corrected chi connectivity index (χ0v) is 8.03. The van der Waals surface area contributed by atoms with Gasteiger partial charge in [0.05, 0.1) is 0 Å². The van der Waals surface area contributed by atoms with Crippen LogP contribution in [0.3, 0.4) is 0 Å². The minimum Gasteiger partial charge on any atom is -0.352 e. The van der Waals surface area contributed by atoms with Crippen LogP contribution < -0.4 is 5.32 Å². The van der Waals surface area contributed by atoms with E-state index < -0.39 is 0 Å². The molecule has 0 spiro atoms. The van der Waals surface area contributed by atoms with E-state index in [1.165, 1.54) is 30.4 Å². The van der Waals surface area contributed by atoms with E-state index >= 15 is 0 Å². The molecule has 1 aliphatic rings. The lowest BCUT2D eigenvalue weighted by Gasteiger charge is -2.20. The third-order valence-electron chi connectivity index (χ3n) is 2.00. The molecule has 1 saturated heterocycles. The first-order chi connectivity index (χ1) is 5.83. The average molecular weight is 185 g/mol. The maximum Gasteiger partial charge on any atom is 0.243 e. The molecule has 0 aromatic carbocycles. The van der Waals surface area contributed by atoms with Crippen molar-refractivity contribution in [2.45, 2.75) is 12.8 Å². The highest BCUT2D eigenvalue weighted by Gasteiger charge is 2.13. The second-order valence-corrected chi connectivity index (χ2v) is 4.18. The summed E-state index contributed by atoms with van der Waals surface area (Å²) < 4.78 is 0. The summed E-state index contributed by atoms with van der Waals surface area (Å²) in [6.45, 7) is 4.22. The molecule has 1 amide bonds. The van der Waals surface area contributed by atoms with E-state index in [1.807, 2.05) is 11.8 Å². The first kappa shape index (κ1) is 9.65. The summed E-state index contributed by atoms with van der Waals surface area (Å²) in [5.74, 6) is 3.10. The standard InChI is InChI=1S/C9H15NOS/c1-2-9(11)10-6-8-4-3-5-12-7-8/h2,8H,1,3-7H2,(H,10,11). The number of thioether (sulfide) groups is 1.